The molecule has 2 aromatic rings. The molecular weight excluding hydrogens is 230 g/mol. The average molecular weight is 245 g/mol. The number of pyridine rings is 1. The number of hydrogen-bond acceptors (Lipinski definition) is 4. The van der Waals surface area contributed by atoms with Gasteiger partial charge in [0, 0.05) is 29.9 Å². The molecule has 0 radical (unpaired) electrons. The first-order valence-corrected chi connectivity index (χ1v) is 6.00. The maximum Gasteiger partial charge on any atom is 0.295 e. The van der Waals surface area contributed by atoms with E-state index in [4.69, 9.17) is 0 Å². The van der Waals surface area contributed by atoms with E-state index in [0.29, 0.717) is 5.52 Å². The van der Waals surface area contributed by atoms with Crippen LogP contribution in [0.3, 0.4) is 0 Å². The lowest BCUT2D eigenvalue weighted by atomic mass is 10.1. The van der Waals surface area contributed by atoms with Gasteiger partial charge in [0.1, 0.15) is 5.52 Å². The number of aromatic nitrogens is 1. The summed E-state index contributed by atoms with van der Waals surface area (Å²) in [4.78, 5) is 14.6. The third kappa shape index (κ3) is 2.40. The molecule has 0 saturated heterocycles. The van der Waals surface area contributed by atoms with Crippen molar-refractivity contribution in [1.82, 2.24) is 4.98 Å². The van der Waals surface area contributed by atoms with E-state index < -0.39 is 4.92 Å². The first-order valence-electron chi connectivity index (χ1n) is 6.00. The molecule has 0 saturated carbocycles. The fourth-order valence-corrected chi connectivity index (χ4v) is 1.86. The highest BCUT2D eigenvalue weighted by Crippen LogP contribution is 2.29. The first-order chi connectivity index (χ1) is 8.74. The molecule has 0 amide bonds. The Hall–Kier alpha value is -2.17. The Morgan fingerprint density at radius 3 is 2.94 bits per heavy atom. The number of nitrogens with zero attached hydrogens (tertiary/aromatic N) is 2. The quantitative estimate of drug-likeness (QED) is 0.498. The monoisotopic (exact) mass is 245 g/mol. The molecule has 0 aliphatic heterocycles. The summed E-state index contributed by atoms with van der Waals surface area (Å²) >= 11 is 0. The van der Waals surface area contributed by atoms with Crippen LogP contribution in [-0.4, -0.2) is 16.5 Å². The summed E-state index contributed by atoms with van der Waals surface area (Å²) in [6.07, 6.45) is 3.75. The zero-order valence-electron chi connectivity index (χ0n) is 10.2. The van der Waals surface area contributed by atoms with E-state index in [1.807, 2.05) is 6.07 Å². The second kappa shape index (κ2) is 5.44. The zero-order valence-corrected chi connectivity index (χ0v) is 10.2. The molecule has 0 aliphatic carbocycles. The molecule has 18 heavy (non-hydrogen) atoms. The van der Waals surface area contributed by atoms with E-state index in [0.717, 1.165) is 30.5 Å². The van der Waals surface area contributed by atoms with Gasteiger partial charge in [-0.05, 0) is 24.6 Å². The number of nitro groups is 1. The highest BCUT2D eigenvalue weighted by atomic mass is 16.6. The van der Waals surface area contributed by atoms with Gasteiger partial charge in [-0.15, -0.1) is 0 Å². The van der Waals surface area contributed by atoms with Gasteiger partial charge in [0.15, 0.2) is 0 Å². The largest absolute Gasteiger partial charge is 0.384 e. The number of rotatable bonds is 5. The van der Waals surface area contributed by atoms with Crippen LogP contribution in [0.2, 0.25) is 0 Å². The van der Waals surface area contributed by atoms with Crippen LogP contribution in [0, 0.1) is 10.1 Å². The molecule has 1 aromatic heterocycles. The molecule has 0 fully saturated rings. The fraction of sp³-hybridized carbons (Fsp3) is 0.308. The molecule has 1 aromatic carbocycles. The molecule has 0 atom stereocenters. The third-order valence-electron chi connectivity index (χ3n) is 2.79. The van der Waals surface area contributed by atoms with Crippen LogP contribution in [0.15, 0.2) is 30.5 Å². The van der Waals surface area contributed by atoms with E-state index in [9.17, 15) is 10.1 Å². The molecule has 0 bridgehead atoms. The average Bonchev–Trinajstić information content (AvgIpc) is 2.38. The lowest BCUT2D eigenvalue weighted by Gasteiger charge is -2.08. The predicted octanol–water partition coefficient (Wildman–Crippen LogP) is 3.36. The SMILES string of the molecule is CCCCNc1ccc([N+](=O)[O-])c2ncccc12. The standard InChI is InChI=1S/C13H15N3O2/c1-2-3-8-14-11-6-7-12(16(17)18)13-10(11)5-4-9-15-13/h4-7,9,14H,2-3,8H2,1H3. The molecule has 0 unspecified atom stereocenters. The first kappa shape index (κ1) is 12.3. The number of nitro benzene ring substituents is 1. The molecule has 2 rings (SSSR count). The van der Waals surface area contributed by atoms with Crippen molar-refractivity contribution in [2.75, 3.05) is 11.9 Å². The minimum atomic E-state index is -0.398. The van der Waals surface area contributed by atoms with Crippen LogP contribution in [0.1, 0.15) is 19.8 Å². The van der Waals surface area contributed by atoms with Crippen molar-refractivity contribution in [3.63, 3.8) is 0 Å². The van der Waals surface area contributed by atoms with Gasteiger partial charge in [0.05, 0.1) is 4.92 Å². The molecule has 5 heteroatoms. The molecule has 0 spiro atoms. The van der Waals surface area contributed by atoms with Gasteiger partial charge >= 0.3 is 0 Å². The summed E-state index contributed by atoms with van der Waals surface area (Å²) in [5.74, 6) is 0. The van der Waals surface area contributed by atoms with Crippen LogP contribution in [0.5, 0.6) is 0 Å². The Balaban J connectivity index is 2.44. The summed E-state index contributed by atoms with van der Waals surface area (Å²) in [5, 5.41) is 15.0. The van der Waals surface area contributed by atoms with E-state index >= 15 is 0 Å². The van der Waals surface area contributed by atoms with Gasteiger partial charge in [0.25, 0.3) is 5.69 Å². The second-order valence-corrected chi connectivity index (χ2v) is 4.07. The number of non-ortho nitro benzene ring substituents is 1. The van der Waals surface area contributed by atoms with Crippen LogP contribution in [0.25, 0.3) is 10.9 Å². The van der Waals surface area contributed by atoms with Gasteiger partial charge < -0.3 is 5.32 Å². The fourth-order valence-electron chi connectivity index (χ4n) is 1.86. The molecule has 94 valence electrons. The lowest BCUT2D eigenvalue weighted by molar-refractivity contribution is -0.383. The minimum Gasteiger partial charge on any atom is -0.384 e. The number of unbranched alkanes of at least 4 members (excludes halogenated alkanes) is 1. The van der Waals surface area contributed by atoms with Gasteiger partial charge in [0.2, 0.25) is 0 Å². The minimum absolute atomic E-state index is 0.0478. The number of anilines is 1. The molecule has 1 N–H and O–H groups in total. The number of fused-ring (bicyclic) bond motifs is 1. The molecule has 1 heterocycles. The zero-order chi connectivity index (χ0) is 13.0. The van der Waals surface area contributed by atoms with Crippen molar-refractivity contribution >= 4 is 22.3 Å². The maximum atomic E-state index is 10.9. The maximum absolute atomic E-state index is 10.9. The summed E-state index contributed by atoms with van der Waals surface area (Å²) in [6.45, 7) is 2.98. The Morgan fingerprint density at radius 1 is 1.39 bits per heavy atom. The van der Waals surface area contributed by atoms with E-state index in [1.165, 1.54) is 6.07 Å². The van der Waals surface area contributed by atoms with E-state index in [2.05, 4.69) is 17.2 Å². The van der Waals surface area contributed by atoms with E-state index in [1.54, 1.807) is 18.3 Å². The van der Waals surface area contributed by atoms with Crippen LogP contribution >= 0.6 is 0 Å². The van der Waals surface area contributed by atoms with Crippen LogP contribution in [-0.2, 0) is 0 Å². The Labute approximate surface area is 105 Å². The third-order valence-corrected chi connectivity index (χ3v) is 2.79. The number of hydrogen-bond donors (Lipinski definition) is 1. The lowest BCUT2D eigenvalue weighted by Crippen LogP contribution is -2.02. The highest BCUT2D eigenvalue weighted by Gasteiger charge is 2.14. The van der Waals surface area contributed by atoms with Gasteiger partial charge in [-0.2, -0.15) is 0 Å². The highest BCUT2D eigenvalue weighted by molar-refractivity contribution is 5.96. The van der Waals surface area contributed by atoms with Crippen molar-refractivity contribution in [2.45, 2.75) is 19.8 Å². The molecule has 5 nitrogen and oxygen atoms in total. The Kier molecular flexibility index (Phi) is 3.72. The topological polar surface area (TPSA) is 68.1 Å². The van der Waals surface area contributed by atoms with Crippen LogP contribution < -0.4 is 5.32 Å². The normalized spacial score (nSPS) is 10.5. The summed E-state index contributed by atoms with van der Waals surface area (Å²) in [5.41, 5.74) is 1.38. The Morgan fingerprint density at radius 2 is 2.22 bits per heavy atom. The second-order valence-electron chi connectivity index (χ2n) is 4.07. The Bertz CT molecular complexity index is 569. The van der Waals surface area contributed by atoms with Gasteiger partial charge in [-0.25, -0.2) is 4.98 Å². The van der Waals surface area contributed by atoms with Crippen molar-refractivity contribution < 1.29 is 4.92 Å². The predicted molar refractivity (Wildman–Crippen MR) is 71.8 cm³/mol. The van der Waals surface area contributed by atoms with Crippen molar-refractivity contribution in [1.29, 1.82) is 0 Å². The molecule has 0 aliphatic rings. The number of nitrogens with one attached hydrogen (secondary N) is 1. The van der Waals surface area contributed by atoms with Gasteiger partial charge in [-0.3, -0.25) is 10.1 Å². The number of benzene rings is 1. The van der Waals surface area contributed by atoms with Crippen LogP contribution in [0.4, 0.5) is 11.4 Å². The molecular formula is C13H15N3O2. The van der Waals surface area contributed by atoms with E-state index in [-0.39, 0.29) is 5.69 Å². The summed E-state index contributed by atoms with van der Waals surface area (Å²) in [6, 6.07) is 6.89. The van der Waals surface area contributed by atoms with Crippen molar-refractivity contribution in [3.05, 3.63) is 40.6 Å². The van der Waals surface area contributed by atoms with Crippen molar-refractivity contribution in [3.8, 4) is 0 Å². The van der Waals surface area contributed by atoms with Gasteiger partial charge in [-0.1, -0.05) is 13.3 Å². The smallest absolute Gasteiger partial charge is 0.295 e. The van der Waals surface area contributed by atoms with Crippen molar-refractivity contribution in [2.24, 2.45) is 0 Å². The summed E-state index contributed by atoms with van der Waals surface area (Å²) in [7, 11) is 0. The summed E-state index contributed by atoms with van der Waals surface area (Å²) < 4.78 is 0.